The van der Waals surface area contributed by atoms with Crippen LogP contribution in [-0.4, -0.2) is 15.4 Å². The molecule has 0 radical (unpaired) electrons. The Labute approximate surface area is 143 Å². The van der Waals surface area contributed by atoms with Crippen LogP contribution in [0.25, 0.3) is 33.5 Å². The summed E-state index contributed by atoms with van der Waals surface area (Å²) in [6.07, 6.45) is 0. The second-order valence-corrected chi connectivity index (χ2v) is 6.10. The molecular formula is C19H12N4S. The highest BCUT2D eigenvalue weighted by Crippen LogP contribution is 2.33. The van der Waals surface area contributed by atoms with Crippen LogP contribution in [0, 0.1) is 11.3 Å². The van der Waals surface area contributed by atoms with E-state index in [0.717, 1.165) is 27.8 Å². The number of rotatable bonds is 3. The molecular weight excluding hydrogens is 316 g/mol. The average Bonchev–Trinajstić information content (AvgIpc) is 3.33. The number of nitrogens with one attached hydrogen (secondary N) is 1. The first-order chi connectivity index (χ1) is 11.8. The molecule has 2 aromatic carbocycles. The lowest BCUT2D eigenvalue weighted by atomic mass is 9.96. The number of nitrogens with zero attached hydrogens (tertiary/aromatic N) is 3. The Morgan fingerprint density at radius 1 is 0.875 bits per heavy atom. The first kappa shape index (κ1) is 14.4. The van der Waals surface area contributed by atoms with Crippen molar-refractivity contribution in [3.05, 3.63) is 71.1 Å². The molecule has 0 unspecified atom stereocenters. The normalized spacial score (nSPS) is 10.5. The van der Waals surface area contributed by atoms with E-state index in [9.17, 15) is 5.26 Å². The highest BCUT2D eigenvalue weighted by Gasteiger charge is 2.13. The predicted molar refractivity (Wildman–Crippen MR) is 95.3 cm³/mol. The van der Waals surface area contributed by atoms with Crippen LogP contribution in [0.5, 0.6) is 0 Å². The molecule has 4 aromatic rings. The van der Waals surface area contributed by atoms with E-state index in [0.29, 0.717) is 11.4 Å². The lowest BCUT2D eigenvalue weighted by Gasteiger charge is -2.08. The molecule has 5 heteroatoms. The standard InChI is InChI=1S/C19H12N4S/c20-11-18-19(22-23-21-18)17-9-15(13-4-2-1-3-5-13)8-16(10-17)14-6-7-24-12-14/h1-10,12H,(H,21,22,23). The van der Waals surface area contributed by atoms with Gasteiger partial charge in [-0.2, -0.15) is 16.6 Å². The van der Waals surface area contributed by atoms with E-state index in [2.05, 4.69) is 56.5 Å². The van der Waals surface area contributed by atoms with E-state index in [1.807, 2.05) is 30.3 Å². The van der Waals surface area contributed by atoms with E-state index in [1.165, 1.54) is 0 Å². The Bertz CT molecular complexity index is 1010. The summed E-state index contributed by atoms with van der Waals surface area (Å²) in [5, 5.41) is 23.9. The summed E-state index contributed by atoms with van der Waals surface area (Å²) in [7, 11) is 0. The van der Waals surface area contributed by atoms with Gasteiger partial charge in [0.05, 0.1) is 0 Å². The third kappa shape index (κ3) is 2.60. The lowest BCUT2D eigenvalue weighted by molar-refractivity contribution is 0.937. The van der Waals surface area contributed by atoms with Crippen molar-refractivity contribution in [3.8, 4) is 39.6 Å². The molecule has 0 fully saturated rings. The fraction of sp³-hybridized carbons (Fsp3) is 0. The van der Waals surface area contributed by atoms with Crippen LogP contribution in [0.2, 0.25) is 0 Å². The number of benzene rings is 2. The SMILES string of the molecule is N#Cc1[nH]nnc1-c1cc(-c2ccccc2)cc(-c2ccsc2)c1. The molecule has 1 N–H and O–H groups in total. The average molecular weight is 328 g/mol. The van der Waals surface area contributed by atoms with Crippen LogP contribution in [0.1, 0.15) is 5.69 Å². The van der Waals surface area contributed by atoms with Gasteiger partial charge < -0.3 is 0 Å². The molecule has 114 valence electrons. The summed E-state index contributed by atoms with van der Waals surface area (Å²) < 4.78 is 0. The maximum atomic E-state index is 9.25. The summed E-state index contributed by atoms with van der Waals surface area (Å²) >= 11 is 1.66. The summed E-state index contributed by atoms with van der Waals surface area (Å²) in [4.78, 5) is 0. The molecule has 0 aliphatic rings. The molecule has 0 bridgehead atoms. The molecule has 2 aromatic heterocycles. The van der Waals surface area contributed by atoms with Gasteiger partial charge in [-0.15, -0.1) is 5.10 Å². The van der Waals surface area contributed by atoms with Crippen molar-refractivity contribution in [2.24, 2.45) is 0 Å². The van der Waals surface area contributed by atoms with Crippen LogP contribution in [0.3, 0.4) is 0 Å². The van der Waals surface area contributed by atoms with Crippen molar-refractivity contribution in [2.45, 2.75) is 0 Å². The molecule has 0 spiro atoms. The van der Waals surface area contributed by atoms with E-state index in [-0.39, 0.29) is 0 Å². The smallest absolute Gasteiger partial charge is 0.163 e. The second kappa shape index (κ2) is 6.11. The van der Waals surface area contributed by atoms with Crippen molar-refractivity contribution in [1.29, 1.82) is 5.26 Å². The topological polar surface area (TPSA) is 65.4 Å². The second-order valence-electron chi connectivity index (χ2n) is 5.32. The molecule has 0 amide bonds. The number of nitriles is 1. The van der Waals surface area contributed by atoms with Gasteiger partial charge in [0.2, 0.25) is 0 Å². The molecule has 0 aliphatic heterocycles. The zero-order chi connectivity index (χ0) is 16.4. The van der Waals surface area contributed by atoms with Crippen molar-refractivity contribution in [1.82, 2.24) is 15.4 Å². The fourth-order valence-corrected chi connectivity index (χ4v) is 3.33. The lowest BCUT2D eigenvalue weighted by Crippen LogP contribution is -1.87. The first-order valence-corrected chi connectivity index (χ1v) is 8.34. The van der Waals surface area contributed by atoms with Crippen molar-refractivity contribution >= 4 is 11.3 Å². The zero-order valence-corrected chi connectivity index (χ0v) is 13.4. The molecule has 0 aliphatic carbocycles. The Kier molecular flexibility index (Phi) is 3.66. The van der Waals surface area contributed by atoms with E-state index in [4.69, 9.17) is 0 Å². The van der Waals surface area contributed by atoms with Gasteiger partial charge in [-0.3, -0.25) is 0 Å². The van der Waals surface area contributed by atoms with Crippen molar-refractivity contribution in [3.63, 3.8) is 0 Å². The predicted octanol–water partition coefficient (Wildman–Crippen LogP) is 4.74. The third-order valence-electron chi connectivity index (χ3n) is 3.83. The van der Waals surface area contributed by atoms with Crippen LogP contribution in [-0.2, 0) is 0 Å². The monoisotopic (exact) mass is 328 g/mol. The summed E-state index contributed by atoms with van der Waals surface area (Å²) in [6, 6.07) is 20.6. The largest absolute Gasteiger partial charge is 0.247 e. The van der Waals surface area contributed by atoms with Gasteiger partial charge in [-0.1, -0.05) is 35.5 Å². The number of H-pyrrole nitrogens is 1. The van der Waals surface area contributed by atoms with Gasteiger partial charge in [0.1, 0.15) is 11.8 Å². The Morgan fingerprint density at radius 3 is 2.33 bits per heavy atom. The van der Waals surface area contributed by atoms with Gasteiger partial charge in [-0.05, 0) is 57.3 Å². The van der Waals surface area contributed by atoms with E-state index < -0.39 is 0 Å². The van der Waals surface area contributed by atoms with Gasteiger partial charge in [0.15, 0.2) is 5.69 Å². The maximum absolute atomic E-state index is 9.25. The minimum Gasteiger partial charge on any atom is -0.247 e. The van der Waals surface area contributed by atoms with Crippen LogP contribution >= 0.6 is 11.3 Å². The zero-order valence-electron chi connectivity index (χ0n) is 12.6. The quantitative estimate of drug-likeness (QED) is 0.591. The van der Waals surface area contributed by atoms with Crippen LogP contribution in [0.15, 0.2) is 65.4 Å². The van der Waals surface area contributed by atoms with Crippen LogP contribution in [0.4, 0.5) is 0 Å². The molecule has 2 heterocycles. The number of aromatic amines is 1. The Morgan fingerprint density at radius 2 is 1.62 bits per heavy atom. The van der Waals surface area contributed by atoms with E-state index >= 15 is 0 Å². The van der Waals surface area contributed by atoms with Crippen molar-refractivity contribution < 1.29 is 0 Å². The van der Waals surface area contributed by atoms with Crippen LogP contribution < -0.4 is 0 Å². The van der Waals surface area contributed by atoms with E-state index in [1.54, 1.807) is 11.3 Å². The summed E-state index contributed by atoms with van der Waals surface area (Å²) in [5.41, 5.74) is 6.28. The molecule has 0 atom stereocenters. The minimum absolute atomic E-state index is 0.372. The molecule has 0 saturated carbocycles. The minimum atomic E-state index is 0.372. The van der Waals surface area contributed by atoms with Gasteiger partial charge >= 0.3 is 0 Å². The summed E-state index contributed by atoms with van der Waals surface area (Å²) in [6.45, 7) is 0. The van der Waals surface area contributed by atoms with Gasteiger partial charge in [0.25, 0.3) is 0 Å². The molecule has 4 rings (SSSR count). The molecule has 0 saturated heterocycles. The molecule has 24 heavy (non-hydrogen) atoms. The number of hydrogen-bond acceptors (Lipinski definition) is 4. The Balaban J connectivity index is 1.94. The number of thiophene rings is 1. The third-order valence-corrected chi connectivity index (χ3v) is 4.51. The molecule has 4 nitrogen and oxygen atoms in total. The number of aromatic nitrogens is 3. The number of hydrogen-bond donors (Lipinski definition) is 1. The summed E-state index contributed by atoms with van der Waals surface area (Å²) in [5.74, 6) is 0. The van der Waals surface area contributed by atoms with Crippen molar-refractivity contribution in [2.75, 3.05) is 0 Å². The fourth-order valence-electron chi connectivity index (χ4n) is 2.66. The maximum Gasteiger partial charge on any atom is 0.163 e. The highest BCUT2D eigenvalue weighted by molar-refractivity contribution is 7.08. The highest BCUT2D eigenvalue weighted by atomic mass is 32.1. The van der Waals surface area contributed by atoms with Gasteiger partial charge in [-0.25, -0.2) is 5.10 Å². The Hall–Kier alpha value is -3.23. The first-order valence-electron chi connectivity index (χ1n) is 7.40. The van der Waals surface area contributed by atoms with Gasteiger partial charge in [0, 0.05) is 5.56 Å².